The topological polar surface area (TPSA) is 110 Å². The molecule has 164 valence electrons. The number of hydrogen-bond donors (Lipinski definition) is 1. The monoisotopic (exact) mass is 471 g/mol. The van der Waals surface area contributed by atoms with E-state index in [2.05, 4.69) is 5.32 Å². The molecule has 0 atom stereocenters. The summed E-state index contributed by atoms with van der Waals surface area (Å²) in [5.74, 6) is -0.557. The van der Waals surface area contributed by atoms with Gasteiger partial charge in [0.25, 0.3) is 21.6 Å². The lowest BCUT2D eigenvalue weighted by molar-refractivity contribution is -0.384. The van der Waals surface area contributed by atoms with Gasteiger partial charge in [0.05, 0.1) is 26.1 Å². The maximum atomic E-state index is 13.2. The van der Waals surface area contributed by atoms with Crippen LogP contribution in [0.25, 0.3) is 0 Å². The minimum atomic E-state index is -3.76. The van der Waals surface area contributed by atoms with Gasteiger partial charge in [-0.05, 0) is 48.7 Å². The first-order valence-electron chi connectivity index (χ1n) is 9.73. The van der Waals surface area contributed by atoms with Crippen LogP contribution in [0.4, 0.5) is 17.1 Å². The highest BCUT2D eigenvalue weighted by Gasteiger charge is 2.29. The van der Waals surface area contributed by atoms with Crippen LogP contribution in [0.2, 0.25) is 5.02 Å². The molecule has 0 bridgehead atoms. The zero-order valence-electron chi connectivity index (χ0n) is 16.7. The van der Waals surface area contributed by atoms with Crippen molar-refractivity contribution in [1.82, 2.24) is 0 Å². The maximum Gasteiger partial charge on any atom is 0.270 e. The summed E-state index contributed by atoms with van der Waals surface area (Å²) in [7, 11) is -3.76. The van der Waals surface area contributed by atoms with Crippen molar-refractivity contribution in [3.63, 3.8) is 0 Å². The highest BCUT2D eigenvalue weighted by molar-refractivity contribution is 7.92. The van der Waals surface area contributed by atoms with Crippen LogP contribution in [0.1, 0.15) is 22.3 Å². The summed E-state index contributed by atoms with van der Waals surface area (Å²) in [5.41, 5.74) is 1.61. The lowest BCUT2D eigenvalue weighted by atomic mass is 10.0. The zero-order valence-corrected chi connectivity index (χ0v) is 18.3. The highest BCUT2D eigenvalue weighted by atomic mass is 35.5. The first-order chi connectivity index (χ1) is 15.3. The van der Waals surface area contributed by atoms with E-state index in [1.165, 1.54) is 16.4 Å². The predicted octanol–water partition coefficient (Wildman–Crippen LogP) is 4.64. The number of nitrogens with one attached hydrogen (secondary N) is 1. The number of nitro groups is 1. The van der Waals surface area contributed by atoms with Crippen molar-refractivity contribution >= 4 is 44.6 Å². The number of nitrogens with zero attached hydrogens (tertiary/aromatic N) is 2. The summed E-state index contributed by atoms with van der Waals surface area (Å²) in [4.78, 5) is 23.2. The molecule has 4 rings (SSSR count). The Kier molecular flexibility index (Phi) is 5.86. The summed E-state index contributed by atoms with van der Waals surface area (Å²) >= 11 is 6.05. The Morgan fingerprint density at radius 3 is 2.50 bits per heavy atom. The van der Waals surface area contributed by atoms with Gasteiger partial charge in [0.15, 0.2) is 0 Å². The van der Waals surface area contributed by atoms with Gasteiger partial charge in [-0.2, -0.15) is 0 Å². The average molecular weight is 472 g/mol. The van der Waals surface area contributed by atoms with Gasteiger partial charge in [-0.1, -0.05) is 35.9 Å². The fourth-order valence-corrected chi connectivity index (χ4v) is 5.40. The number of aryl methyl sites for hydroxylation is 1. The van der Waals surface area contributed by atoms with Gasteiger partial charge in [0, 0.05) is 24.4 Å². The number of carbonyl (C=O) groups excluding carboxylic acids is 1. The van der Waals surface area contributed by atoms with E-state index in [0.717, 1.165) is 18.1 Å². The van der Waals surface area contributed by atoms with E-state index >= 15 is 0 Å². The third-order valence-corrected chi connectivity index (χ3v) is 7.30. The lowest BCUT2D eigenvalue weighted by Crippen LogP contribution is -2.35. The number of carbonyl (C=O) groups is 1. The molecule has 0 saturated carbocycles. The van der Waals surface area contributed by atoms with Crippen molar-refractivity contribution in [3.8, 4) is 0 Å². The average Bonchev–Trinajstić information content (AvgIpc) is 2.79. The van der Waals surface area contributed by atoms with Crippen molar-refractivity contribution in [2.45, 2.75) is 17.7 Å². The van der Waals surface area contributed by atoms with E-state index < -0.39 is 20.9 Å². The molecule has 8 nitrogen and oxygen atoms in total. The molecule has 1 aliphatic heterocycles. The molecule has 0 aromatic heterocycles. The number of halogens is 1. The molecule has 1 amide bonds. The van der Waals surface area contributed by atoms with Crippen molar-refractivity contribution in [3.05, 3.63) is 93.0 Å². The number of benzene rings is 3. The first-order valence-corrected chi connectivity index (χ1v) is 11.6. The second-order valence-electron chi connectivity index (χ2n) is 7.21. The third kappa shape index (κ3) is 4.17. The third-order valence-electron chi connectivity index (χ3n) is 5.16. The summed E-state index contributed by atoms with van der Waals surface area (Å²) in [5, 5.41) is 13.5. The Morgan fingerprint density at radius 1 is 1.06 bits per heavy atom. The number of anilines is 2. The lowest BCUT2D eigenvalue weighted by Gasteiger charge is -2.31. The van der Waals surface area contributed by atoms with Crippen molar-refractivity contribution in [2.75, 3.05) is 16.2 Å². The first kappa shape index (κ1) is 21.8. The Bertz CT molecular complexity index is 1310. The number of rotatable bonds is 5. The molecule has 0 saturated heterocycles. The van der Waals surface area contributed by atoms with E-state index in [4.69, 9.17) is 11.6 Å². The fraction of sp³-hybridized carbons (Fsp3) is 0.136. The molecule has 0 unspecified atom stereocenters. The molecule has 0 spiro atoms. The Labute approximate surface area is 189 Å². The van der Waals surface area contributed by atoms with Crippen molar-refractivity contribution in [2.24, 2.45) is 0 Å². The maximum absolute atomic E-state index is 13.2. The molecule has 32 heavy (non-hydrogen) atoms. The molecule has 1 aliphatic rings. The minimum absolute atomic E-state index is 0.0528. The number of hydrogen-bond acceptors (Lipinski definition) is 5. The number of fused-ring (bicyclic) bond motifs is 1. The predicted molar refractivity (Wildman–Crippen MR) is 122 cm³/mol. The Morgan fingerprint density at radius 2 is 1.81 bits per heavy atom. The standard InChI is InChI=1S/C22H18ClN3O5S/c23-20-14-17(26(28)29)10-11-19(20)22(27)24-16-9-8-15-5-4-12-25(21(15)13-16)32(30,31)18-6-2-1-3-7-18/h1-3,6-11,13-14H,4-5,12H2,(H,24,27). The normalized spacial score (nSPS) is 13.3. The summed E-state index contributed by atoms with van der Waals surface area (Å²) in [6.45, 7) is 0.329. The van der Waals surface area contributed by atoms with Gasteiger partial charge in [-0.25, -0.2) is 8.42 Å². The summed E-state index contributed by atoms with van der Waals surface area (Å²) < 4.78 is 27.8. The Balaban J connectivity index is 1.64. The van der Waals surface area contributed by atoms with E-state index in [1.807, 2.05) is 0 Å². The Hall–Kier alpha value is -3.43. The van der Waals surface area contributed by atoms with E-state index in [-0.39, 0.29) is 21.2 Å². The van der Waals surface area contributed by atoms with Crippen LogP contribution in [0.5, 0.6) is 0 Å². The van der Waals surface area contributed by atoms with Gasteiger partial charge < -0.3 is 5.32 Å². The number of sulfonamides is 1. The van der Waals surface area contributed by atoms with Crippen LogP contribution < -0.4 is 9.62 Å². The molecule has 0 aliphatic carbocycles. The quantitative estimate of drug-likeness (QED) is 0.430. The molecule has 1 heterocycles. The van der Waals surface area contributed by atoms with Crippen molar-refractivity contribution < 1.29 is 18.1 Å². The van der Waals surface area contributed by atoms with Crippen LogP contribution in [0.15, 0.2) is 71.6 Å². The van der Waals surface area contributed by atoms with Crippen LogP contribution in [0.3, 0.4) is 0 Å². The van der Waals surface area contributed by atoms with Gasteiger partial charge in [0.1, 0.15) is 0 Å². The molecule has 1 N–H and O–H groups in total. The zero-order chi connectivity index (χ0) is 22.9. The molecule has 0 radical (unpaired) electrons. The van der Waals surface area contributed by atoms with E-state index in [1.54, 1.807) is 48.5 Å². The summed E-state index contributed by atoms with van der Waals surface area (Å²) in [6.07, 6.45) is 1.40. The number of amides is 1. The number of nitro benzene ring substituents is 1. The van der Waals surface area contributed by atoms with Crippen LogP contribution in [0, 0.1) is 10.1 Å². The summed E-state index contributed by atoms with van der Waals surface area (Å²) in [6, 6.07) is 16.9. The smallest absolute Gasteiger partial charge is 0.270 e. The SMILES string of the molecule is O=C(Nc1ccc2c(c1)N(S(=O)(=O)c1ccccc1)CCC2)c1ccc([N+](=O)[O-])cc1Cl. The van der Waals surface area contributed by atoms with Gasteiger partial charge >= 0.3 is 0 Å². The largest absolute Gasteiger partial charge is 0.322 e. The minimum Gasteiger partial charge on any atom is -0.322 e. The molecule has 3 aromatic rings. The molecular formula is C22H18ClN3O5S. The highest BCUT2D eigenvalue weighted by Crippen LogP contribution is 2.34. The second kappa shape index (κ2) is 8.60. The van der Waals surface area contributed by atoms with Crippen LogP contribution in [-0.4, -0.2) is 25.8 Å². The second-order valence-corrected chi connectivity index (χ2v) is 9.48. The fourth-order valence-electron chi connectivity index (χ4n) is 3.59. The van der Waals surface area contributed by atoms with Gasteiger partial charge in [0.2, 0.25) is 0 Å². The van der Waals surface area contributed by atoms with Gasteiger partial charge in [-0.3, -0.25) is 19.2 Å². The number of non-ortho nitro benzene ring substituents is 1. The van der Waals surface area contributed by atoms with Crippen molar-refractivity contribution in [1.29, 1.82) is 0 Å². The van der Waals surface area contributed by atoms with E-state index in [9.17, 15) is 23.3 Å². The van der Waals surface area contributed by atoms with Gasteiger partial charge in [-0.15, -0.1) is 0 Å². The van der Waals surface area contributed by atoms with Crippen LogP contribution >= 0.6 is 11.6 Å². The molecule has 0 fully saturated rings. The van der Waals surface area contributed by atoms with Crippen LogP contribution in [-0.2, 0) is 16.4 Å². The molecule has 3 aromatic carbocycles. The molecule has 10 heteroatoms. The van der Waals surface area contributed by atoms with E-state index in [0.29, 0.717) is 24.3 Å². The molecular weight excluding hydrogens is 454 g/mol.